The molecule has 0 aliphatic carbocycles. The molecular formula is C10H14BNO4S. The number of anilines is 1. The minimum absolute atomic E-state index is 0.178. The minimum Gasteiger partial charge on any atom is -0.423 e. The standard InChI is InChI=1S/C10H14BNO4S/c13-11(14)9-3-5-10(6-4-9)12-7-1-2-8-17(12,15)16/h3-6,13-14H,1-2,7-8H2. The number of hydrogen-bond donors (Lipinski definition) is 2. The quantitative estimate of drug-likeness (QED) is 0.685. The molecule has 17 heavy (non-hydrogen) atoms. The van der Waals surface area contributed by atoms with Crippen molar-refractivity contribution in [3.05, 3.63) is 24.3 Å². The Bertz CT molecular complexity index is 486. The highest BCUT2D eigenvalue weighted by molar-refractivity contribution is 7.92. The first-order valence-corrected chi connectivity index (χ1v) is 7.08. The van der Waals surface area contributed by atoms with Gasteiger partial charge in [-0.3, -0.25) is 4.31 Å². The first kappa shape index (κ1) is 12.4. The Kier molecular flexibility index (Phi) is 3.41. The molecule has 92 valence electrons. The Morgan fingerprint density at radius 2 is 1.76 bits per heavy atom. The van der Waals surface area contributed by atoms with Gasteiger partial charge in [-0.15, -0.1) is 0 Å². The number of sulfonamides is 1. The van der Waals surface area contributed by atoms with Crippen molar-refractivity contribution in [3.8, 4) is 0 Å². The van der Waals surface area contributed by atoms with Gasteiger partial charge in [0.1, 0.15) is 0 Å². The van der Waals surface area contributed by atoms with Crippen molar-refractivity contribution in [2.24, 2.45) is 0 Å². The van der Waals surface area contributed by atoms with Crippen molar-refractivity contribution in [3.63, 3.8) is 0 Å². The van der Waals surface area contributed by atoms with Crippen LogP contribution >= 0.6 is 0 Å². The van der Waals surface area contributed by atoms with E-state index in [1.807, 2.05) is 0 Å². The second kappa shape index (κ2) is 4.68. The number of nitrogens with zero attached hydrogens (tertiary/aromatic N) is 1. The van der Waals surface area contributed by atoms with E-state index in [0.29, 0.717) is 24.1 Å². The van der Waals surface area contributed by atoms with Crippen molar-refractivity contribution in [1.29, 1.82) is 0 Å². The number of hydrogen-bond acceptors (Lipinski definition) is 4. The van der Waals surface area contributed by atoms with Crippen LogP contribution in [0.2, 0.25) is 0 Å². The van der Waals surface area contributed by atoms with E-state index in [1.165, 1.54) is 16.4 Å². The summed E-state index contributed by atoms with van der Waals surface area (Å²) in [5.41, 5.74) is 0.928. The fraction of sp³-hybridized carbons (Fsp3) is 0.400. The SMILES string of the molecule is O=S1(=O)CCCCN1c1ccc(B(O)O)cc1. The molecular weight excluding hydrogens is 241 g/mol. The molecule has 0 spiro atoms. The summed E-state index contributed by atoms with van der Waals surface area (Å²) in [6.45, 7) is 0.489. The van der Waals surface area contributed by atoms with Gasteiger partial charge in [-0.1, -0.05) is 12.1 Å². The third-order valence-electron chi connectivity index (χ3n) is 2.83. The van der Waals surface area contributed by atoms with Crippen LogP contribution in [-0.4, -0.2) is 37.9 Å². The van der Waals surface area contributed by atoms with E-state index in [0.717, 1.165) is 6.42 Å². The van der Waals surface area contributed by atoms with Crippen LogP contribution in [0.1, 0.15) is 12.8 Å². The molecule has 0 unspecified atom stereocenters. The maximum atomic E-state index is 11.8. The van der Waals surface area contributed by atoms with E-state index in [9.17, 15) is 8.42 Å². The average Bonchev–Trinajstić information content (AvgIpc) is 2.28. The van der Waals surface area contributed by atoms with E-state index in [-0.39, 0.29) is 5.75 Å². The fourth-order valence-corrected chi connectivity index (χ4v) is 3.53. The molecule has 5 nitrogen and oxygen atoms in total. The van der Waals surface area contributed by atoms with Gasteiger partial charge in [0.25, 0.3) is 0 Å². The predicted octanol–water partition coefficient (Wildman–Crippen LogP) is -0.704. The van der Waals surface area contributed by atoms with E-state index in [4.69, 9.17) is 10.0 Å². The van der Waals surface area contributed by atoms with Crippen LogP contribution in [0.4, 0.5) is 5.69 Å². The lowest BCUT2D eigenvalue weighted by atomic mass is 9.80. The molecule has 0 aromatic heterocycles. The zero-order valence-corrected chi connectivity index (χ0v) is 10.1. The first-order valence-electron chi connectivity index (χ1n) is 5.47. The first-order chi connectivity index (χ1) is 8.00. The lowest BCUT2D eigenvalue weighted by Gasteiger charge is -2.28. The normalized spacial score (nSPS) is 19.1. The molecule has 1 aromatic carbocycles. The predicted molar refractivity (Wildman–Crippen MR) is 66.6 cm³/mol. The summed E-state index contributed by atoms with van der Waals surface area (Å²) in [6.07, 6.45) is 1.55. The number of rotatable bonds is 2. The summed E-state index contributed by atoms with van der Waals surface area (Å²) in [4.78, 5) is 0. The molecule has 7 heteroatoms. The summed E-state index contributed by atoms with van der Waals surface area (Å²) in [6, 6.07) is 6.23. The van der Waals surface area contributed by atoms with Gasteiger partial charge in [0.15, 0.2) is 0 Å². The highest BCUT2D eigenvalue weighted by Crippen LogP contribution is 2.22. The van der Waals surface area contributed by atoms with Crippen molar-refractivity contribution in [2.75, 3.05) is 16.6 Å². The van der Waals surface area contributed by atoms with E-state index < -0.39 is 17.1 Å². The topological polar surface area (TPSA) is 77.8 Å². The van der Waals surface area contributed by atoms with Gasteiger partial charge in [-0.05, 0) is 30.4 Å². The summed E-state index contributed by atoms with van der Waals surface area (Å²) >= 11 is 0. The summed E-state index contributed by atoms with van der Waals surface area (Å²) in [5, 5.41) is 17.9. The van der Waals surface area contributed by atoms with Gasteiger partial charge in [-0.25, -0.2) is 8.42 Å². The smallest absolute Gasteiger partial charge is 0.423 e. The molecule has 0 radical (unpaired) electrons. The lowest BCUT2D eigenvalue weighted by Crippen LogP contribution is -2.38. The van der Waals surface area contributed by atoms with Crippen LogP contribution in [0, 0.1) is 0 Å². The Labute approximate surface area is 101 Å². The molecule has 1 heterocycles. The zero-order chi connectivity index (χ0) is 12.5. The molecule has 0 atom stereocenters. The van der Waals surface area contributed by atoms with E-state index in [1.54, 1.807) is 12.1 Å². The van der Waals surface area contributed by atoms with Crippen molar-refractivity contribution >= 4 is 28.3 Å². The molecule has 1 saturated heterocycles. The summed E-state index contributed by atoms with van der Waals surface area (Å²) in [7, 11) is -4.73. The van der Waals surface area contributed by atoms with Crippen LogP contribution in [0.25, 0.3) is 0 Å². The highest BCUT2D eigenvalue weighted by atomic mass is 32.2. The lowest BCUT2D eigenvalue weighted by molar-refractivity contribution is 0.426. The monoisotopic (exact) mass is 255 g/mol. The van der Waals surface area contributed by atoms with Crippen LogP contribution in [0.3, 0.4) is 0 Å². The number of benzene rings is 1. The maximum Gasteiger partial charge on any atom is 0.488 e. The molecule has 1 aliphatic rings. The maximum absolute atomic E-state index is 11.8. The second-order valence-corrected chi connectivity index (χ2v) is 6.07. The van der Waals surface area contributed by atoms with Crippen LogP contribution in [0.5, 0.6) is 0 Å². The molecule has 1 aromatic rings. The Morgan fingerprint density at radius 1 is 1.12 bits per heavy atom. The van der Waals surface area contributed by atoms with Gasteiger partial charge >= 0.3 is 7.12 Å². The Hall–Kier alpha value is -1.05. The minimum atomic E-state index is -3.20. The third-order valence-corrected chi connectivity index (χ3v) is 4.70. The van der Waals surface area contributed by atoms with Crippen LogP contribution in [0.15, 0.2) is 24.3 Å². The highest BCUT2D eigenvalue weighted by Gasteiger charge is 2.26. The fourth-order valence-electron chi connectivity index (χ4n) is 1.89. The van der Waals surface area contributed by atoms with Gasteiger partial charge in [0.05, 0.1) is 11.4 Å². The Morgan fingerprint density at radius 3 is 2.29 bits per heavy atom. The van der Waals surface area contributed by atoms with Crippen molar-refractivity contribution in [1.82, 2.24) is 0 Å². The van der Waals surface area contributed by atoms with E-state index in [2.05, 4.69) is 0 Å². The van der Waals surface area contributed by atoms with Crippen molar-refractivity contribution < 1.29 is 18.5 Å². The molecule has 1 aliphatic heterocycles. The molecule has 0 bridgehead atoms. The molecule has 1 fully saturated rings. The van der Waals surface area contributed by atoms with Gasteiger partial charge in [-0.2, -0.15) is 0 Å². The van der Waals surface area contributed by atoms with Crippen molar-refractivity contribution in [2.45, 2.75) is 12.8 Å². The second-order valence-electron chi connectivity index (χ2n) is 4.06. The summed E-state index contributed by atoms with van der Waals surface area (Å²) in [5.74, 6) is 0.178. The molecule has 0 saturated carbocycles. The molecule has 2 N–H and O–H groups in total. The molecule has 2 rings (SSSR count). The largest absolute Gasteiger partial charge is 0.488 e. The van der Waals surface area contributed by atoms with Gasteiger partial charge in [0.2, 0.25) is 10.0 Å². The van der Waals surface area contributed by atoms with Gasteiger partial charge in [0, 0.05) is 6.54 Å². The Balaban J connectivity index is 2.27. The zero-order valence-electron chi connectivity index (χ0n) is 9.28. The molecule has 0 amide bonds. The summed E-state index contributed by atoms with van der Waals surface area (Å²) < 4.78 is 25.0. The van der Waals surface area contributed by atoms with E-state index >= 15 is 0 Å². The third kappa shape index (κ3) is 2.62. The van der Waals surface area contributed by atoms with Crippen LogP contribution in [-0.2, 0) is 10.0 Å². The van der Waals surface area contributed by atoms with Crippen LogP contribution < -0.4 is 9.77 Å². The van der Waals surface area contributed by atoms with Gasteiger partial charge < -0.3 is 10.0 Å². The average molecular weight is 255 g/mol.